The maximum atomic E-state index is 13.1. The Bertz CT molecular complexity index is 1320. The molecule has 4 rings (SSSR count). The Morgan fingerprint density at radius 3 is 2.39 bits per heavy atom. The van der Waals surface area contributed by atoms with E-state index in [0.717, 1.165) is 32.1 Å². The highest BCUT2D eigenvalue weighted by Gasteiger charge is 2.22. The number of rotatable bonds is 7. The second kappa shape index (κ2) is 11.1. The zero-order valence-electron chi connectivity index (χ0n) is 20.5. The van der Waals surface area contributed by atoms with Crippen LogP contribution in [0.5, 0.6) is 0 Å². The molecular weight excluding hydrogens is 458 g/mol. The molecule has 2 aromatic carbocycles. The van der Waals surface area contributed by atoms with Crippen LogP contribution in [0.3, 0.4) is 0 Å². The molecular formula is C27H31N5O4. The lowest BCUT2D eigenvalue weighted by atomic mass is 9.89. The standard InChI is InChI=1S/C27H31N5O4/c1-18-24(27(36)32(31(18)2)22-14-7-4-8-15-22)30-26(35)20-12-9-13-21(16-20)29-23(33)17-28-25(34)19-10-5-3-6-11-19/h4,7-9,12-16,19H,3,5-6,10-11,17H2,1-2H3,(H,28,34)(H,29,33)(H,30,35). The predicted molar refractivity (Wildman–Crippen MR) is 138 cm³/mol. The van der Waals surface area contributed by atoms with Crippen LogP contribution in [0, 0.1) is 12.8 Å². The van der Waals surface area contributed by atoms with E-state index >= 15 is 0 Å². The Labute approximate surface area is 209 Å². The first kappa shape index (κ1) is 25.0. The lowest BCUT2D eigenvalue weighted by molar-refractivity contribution is -0.128. The molecule has 188 valence electrons. The summed E-state index contributed by atoms with van der Waals surface area (Å²) in [7, 11) is 1.75. The number of para-hydroxylation sites is 1. The number of amides is 3. The largest absolute Gasteiger partial charge is 0.347 e. The van der Waals surface area contributed by atoms with Crippen LogP contribution in [0.15, 0.2) is 59.4 Å². The maximum absolute atomic E-state index is 13.1. The Kier molecular flexibility index (Phi) is 7.68. The van der Waals surface area contributed by atoms with Crippen molar-refractivity contribution in [2.75, 3.05) is 17.2 Å². The monoisotopic (exact) mass is 489 g/mol. The predicted octanol–water partition coefficient (Wildman–Crippen LogP) is 3.37. The molecule has 1 heterocycles. The summed E-state index contributed by atoms with van der Waals surface area (Å²) in [5.74, 6) is -0.951. The van der Waals surface area contributed by atoms with Gasteiger partial charge in [0.15, 0.2) is 0 Å². The molecule has 0 bridgehead atoms. The van der Waals surface area contributed by atoms with Crippen molar-refractivity contribution in [3.63, 3.8) is 0 Å². The van der Waals surface area contributed by atoms with E-state index in [0.29, 0.717) is 17.1 Å². The van der Waals surface area contributed by atoms with Crippen LogP contribution < -0.4 is 21.5 Å². The van der Waals surface area contributed by atoms with Gasteiger partial charge in [-0.1, -0.05) is 43.5 Å². The van der Waals surface area contributed by atoms with Gasteiger partial charge in [0.2, 0.25) is 11.8 Å². The van der Waals surface area contributed by atoms with E-state index in [1.54, 1.807) is 36.9 Å². The van der Waals surface area contributed by atoms with Crippen molar-refractivity contribution >= 4 is 29.1 Å². The first-order valence-corrected chi connectivity index (χ1v) is 12.2. The quantitative estimate of drug-likeness (QED) is 0.472. The summed E-state index contributed by atoms with van der Waals surface area (Å²) in [6.07, 6.45) is 4.97. The topological polar surface area (TPSA) is 114 Å². The van der Waals surface area contributed by atoms with Crippen molar-refractivity contribution in [1.29, 1.82) is 0 Å². The Hall–Kier alpha value is -4.14. The molecule has 0 radical (unpaired) electrons. The van der Waals surface area contributed by atoms with Crippen LogP contribution in [0.1, 0.15) is 48.2 Å². The smallest absolute Gasteiger partial charge is 0.295 e. The van der Waals surface area contributed by atoms with Gasteiger partial charge >= 0.3 is 0 Å². The van der Waals surface area contributed by atoms with Gasteiger partial charge in [-0.25, -0.2) is 4.68 Å². The van der Waals surface area contributed by atoms with E-state index in [1.807, 2.05) is 30.3 Å². The number of nitrogens with one attached hydrogen (secondary N) is 3. The number of hydrogen-bond acceptors (Lipinski definition) is 4. The summed E-state index contributed by atoms with van der Waals surface area (Å²) in [5.41, 5.74) is 1.85. The summed E-state index contributed by atoms with van der Waals surface area (Å²) in [4.78, 5) is 50.7. The maximum Gasteiger partial charge on any atom is 0.295 e. The van der Waals surface area contributed by atoms with Crippen LogP contribution in [0.4, 0.5) is 11.4 Å². The van der Waals surface area contributed by atoms with E-state index in [1.165, 1.54) is 10.7 Å². The van der Waals surface area contributed by atoms with Gasteiger partial charge in [0, 0.05) is 24.2 Å². The molecule has 9 nitrogen and oxygen atoms in total. The van der Waals surface area contributed by atoms with Gasteiger partial charge < -0.3 is 16.0 Å². The second-order valence-electron chi connectivity index (χ2n) is 9.07. The molecule has 3 amide bonds. The third-order valence-electron chi connectivity index (χ3n) is 6.60. The van der Waals surface area contributed by atoms with Crippen molar-refractivity contribution < 1.29 is 14.4 Å². The number of carbonyl (C=O) groups is 3. The zero-order valence-corrected chi connectivity index (χ0v) is 20.5. The van der Waals surface area contributed by atoms with E-state index < -0.39 is 5.91 Å². The fraction of sp³-hybridized carbons (Fsp3) is 0.333. The van der Waals surface area contributed by atoms with Gasteiger partial charge in [-0.2, -0.15) is 0 Å². The Balaban J connectivity index is 1.41. The van der Waals surface area contributed by atoms with Crippen molar-refractivity contribution in [2.45, 2.75) is 39.0 Å². The molecule has 0 atom stereocenters. The third-order valence-corrected chi connectivity index (χ3v) is 6.60. The average molecular weight is 490 g/mol. The van der Waals surface area contributed by atoms with E-state index in [-0.39, 0.29) is 41.1 Å². The fourth-order valence-corrected chi connectivity index (χ4v) is 4.52. The number of aromatic nitrogens is 2. The van der Waals surface area contributed by atoms with Crippen molar-refractivity contribution in [3.05, 3.63) is 76.2 Å². The van der Waals surface area contributed by atoms with Crippen LogP contribution >= 0.6 is 0 Å². The van der Waals surface area contributed by atoms with Crippen LogP contribution in [0.2, 0.25) is 0 Å². The molecule has 3 N–H and O–H groups in total. The average Bonchev–Trinajstić information content (AvgIpc) is 3.11. The van der Waals surface area contributed by atoms with Crippen LogP contribution in [-0.2, 0) is 16.6 Å². The highest BCUT2D eigenvalue weighted by atomic mass is 16.2. The zero-order chi connectivity index (χ0) is 25.7. The van der Waals surface area contributed by atoms with Gasteiger partial charge in [0.25, 0.3) is 11.5 Å². The molecule has 9 heteroatoms. The summed E-state index contributed by atoms with van der Waals surface area (Å²) >= 11 is 0. The number of carbonyl (C=O) groups excluding carboxylic acids is 3. The van der Waals surface area contributed by atoms with E-state index in [9.17, 15) is 19.2 Å². The van der Waals surface area contributed by atoms with Gasteiger partial charge in [-0.05, 0) is 50.1 Å². The highest BCUT2D eigenvalue weighted by molar-refractivity contribution is 6.05. The molecule has 3 aromatic rings. The first-order valence-electron chi connectivity index (χ1n) is 12.2. The molecule has 0 saturated heterocycles. The normalized spacial score (nSPS) is 13.7. The molecule has 1 fully saturated rings. The van der Waals surface area contributed by atoms with Crippen LogP contribution in [-0.4, -0.2) is 33.6 Å². The molecule has 0 spiro atoms. The minimum Gasteiger partial charge on any atom is -0.347 e. The minimum atomic E-state index is -0.470. The number of nitrogens with zero attached hydrogens (tertiary/aromatic N) is 2. The molecule has 0 unspecified atom stereocenters. The van der Waals surface area contributed by atoms with Gasteiger partial charge in [-0.15, -0.1) is 0 Å². The van der Waals surface area contributed by atoms with Crippen molar-refractivity contribution in [3.8, 4) is 5.69 Å². The summed E-state index contributed by atoms with van der Waals surface area (Å²) in [5, 5.41) is 8.14. The van der Waals surface area contributed by atoms with Gasteiger partial charge in [-0.3, -0.25) is 23.9 Å². The van der Waals surface area contributed by atoms with E-state index in [2.05, 4.69) is 16.0 Å². The molecule has 0 aliphatic heterocycles. The summed E-state index contributed by atoms with van der Waals surface area (Å²) < 4.78 is 3.18. The molecule has 1 saturated carbocycles. The lowest BCUT2D eigenvalue weighted by Crippen LogP contribution is -2.37. The highest BCUT2D eigenvalue weighted by Crippen LogP contribution is 2.23. The van der Waals surface area contributed by atoms with Crippen molar-refractivity contribution in [1.82, 2.24) is 14.7 Å². The summed E-state index contributed by atoms with van der Waals surface area (Å²) in [6.45, 7) is 1.63. The first-order chi connectivity index (χ1) is 17.3. The Morgan fingerprint density at radius 1 is 0.944 bits per heavy atom. The van der Waals surface area contributed by atoms with E-state index in [4.69, 9.17) is 0 Å². The minimum absolute atomic E-state index is 0.0218. The molecule has 1 aliphatic rings. The van der Waals surface area contributed by atoms with Crippen molar-refractivity contribution in [2.24, 2.45) is 13.0 Å². The number of hydrogen-bond donors (Lipinski definition) is 3. The number of anilines is 2. The molecule has 36 heavy (non-hydrogen) atoms. The second-order valence-corrected chi connectivity index (χ2v) is 9.07. The Morgan fingerprint density at radius 2 is 1.67 bits per heavy atom. The molecule has 1 aromatic heterocycles. The van der Waals surface area contributed by atoms with Gasteiger partial charge in [0.05, 0.1) is 17.9 Å². The summed E-state index contributed by atoms with van der Waals surface area (Å²) in [6, 6.07) is 15.6. The van der Waals surface area contributed by atoms with Gasteiger partial charge in [0.1, 0.15) is 5.69 Å². The lowest BCUT2D eigenvalue weighted by Gasteiger charge is -2.20. The molecule has 1 aliphatic carbocycles. The third kappa shape index (κ3) is 5.56. The van der Waals surface area contributed by atoms with Crippen LogP contribution in [0.25, 0.3) is 5.69 Å². The SMILES string of the molecule is Cc1c(NC(=O)c2cccc(NC(=O)CNC(=O)C3CCCCC3)c2)c(=O)n(-c2ccccc2)n1C. The number of benzene rings is 2. The fourth-order valence-electron chi connectivity index (χ4n) is 4.52.